The standard InChI is InChI=1S/C18H16BrN3O2S/c1-11-6-12(2)8-15(7-11)20-16(23)10-25-18-22-21-17(24-18)13-4-3-5-14(19)9-13/h3-9H,10H2,1-2H3,(H,20,23). The van der Waals surface area contributed by atoms with Gasteiger partial charge in [-0.05, 0) is 55.3 Å². The summed E-state index contributed by atoms with van der Waals surface area (Å²) in [5.41, 5.74) is 3.84. The number of aromatic nitrogens is 2. The molecule has 1 N–H and O–H groups in total. The van der Waals surface area contributed by atoms with Gasteiger partial charge >= 0.3 is 0 Å². The quantitative estimate of drug-likeness (QED) is 0.601. The number of hydrogen-bond donors (Lipinski definition) is 1. The average Bonchev–Trinajstić information content (AvgIpc) is 3.01. The number of aryl methyl sites for hydroxylation is 2. The smallest absolute Gasteiger partial charge is 0.277 e. The van der Waals surface area contributed by atoms with Crippen molar-refractivity contribution in [1.82, 2.24) is 10.2 Å². The van der Waals surface area contributed by atoms with E-state index in [0.717, 1.165) is 26.9 Å². The lowest BCUT2D eigenvalue weighted by Gasteiger charge is -2.06. The summed E-state index contributed by atoms with van der Waals surface area (Å²) < 4.78 is 6.54. The van der Waals surface area contributed by atoms with Crippen LogP contribution >= 0.6 is 27.7 Å². The van der Waals surface area contributed by atoms with Gasteiger partial charge in [0.15, 0.2) is 0 Å². The summed E-state index contributed by atoms with van der Waals surface area (Å²) in [5, 5.41) is 11.3. The number of nitrogens with one attached hydrogen (secondary N) is 1. The normalized spacial score (nSPS) is 10.7. The first-order valence-corrected chi connectivity index (χ1v) is 9.38. The second-order valence-corrected chi connectivity index (χ2v) is 7.44. The molecule has 0 radical (unpaired) electrons. The minimum Gasteiger partial charge on any atom is -0.411 e. The lowest BCUT2D eigenvalue weighted by atomic mass is 10.1. The SMILES string of the molecule is Cc1cc(C)cc(NC(=O)CSc2nnc(-c3cccc(Br)c3)o2)c1. The molecule has 5 nitrogen and oxygen atoms in total. The number of carbonyl (C=O) groups excluding carboxylic acids is 1. The first-order valence-electron chi connectivity index (χ1n) is 7.60. The molecule has 0 aliphatic heterocycles. The van der Waals surface area contributed by atoms with E-state index in [0.29, 0.717) is 11.1 Å². The van der Waals surface area contributed by atoms with Crippen molar-refractivity contribution in [3.63, 3.8) is 0 Å². The Morgan fingerprint density at radius 2 is 1.92 bits per heavy atom. The Kier molecular flexibility index (Phi) is 5.55. The molecule has 1 amide bonds. The van der Waals surface area contributed by atoms with E-state index in [4.69, 9.17) is 4.42 Å². The van der Waals surface area contributed by atoms with Crippen LogP contribution in [0.4, 0.5) is 5.69 Å². The average molecular weight is 418 g/mol. The van der Waals surface area contributed by atoms with Crippen molar-refractivity contribution in [2.45, 2.75) is 19.1 Å². The molecule has 3 rings (SSSR count). The van der Waals surface area contributed by atoms with E-state index in [2.05, 4.69) is 37.5 Å². The largest absolute Gasteiger partial charge is 0.411 e. The van der Waals surface area contributed by atoms with E-state index in [1.807, 2.05) is 50.2 Å². The molecular weight excluding hydrogens is 402 g/mol. The minimum atomic E-state index is -0.114. The Bertz CT molecular complexity index is 891. The van der Waals surface area contributed by atoms with Gasteiger partial charge in [0.05, 0.1) is 5.75 Å². The topological polar surface area (TPSA) is 68.0 Å². The molecule has 1 aromatic heterocycles. The Balaban J connectivity index is 1.59. The number of halogens is 1. The van der Waals surface area contributed by atoms with Crippen LogP contribution in [0.2, 0.25) is 0 Å². The number of benzene rings is 2. The summed E-state index contributed by atoms with van der Waals surface area (Å²) in [6.07, 6.45) is 0. The van der Waals surface area contributed by atoms with Crippen LogP contribution in [0, 0.1) is 13.8 Å². The number of carbonyl (C=O) groups is 1. The van der Waals surface area contributed by atoms with Gasteiger partial charge in [-0.25, -0.2) is 0 Å². The van der Waals surface area contributed by atoms with Crippen molar-refractivity contribution < 1.29 is 9.21 Å². The summed E-state index contributed by atoms with van der Waals surface area (Å²) >= 11 is 4.62. The van der Waals surface area contributed by atoms with E-state index in [1.165, 1.54) is 11.8 Å². The summed E-state index contributed by atoms with van der Waals surface area (Å²) in [6.45, 7) is 4.00. The van der Waals surface area contributed by atoms with Gasteiger partial charge in [-0.15, -0.1) is 10.2 Å². The Labute approximate surface area is 158 Å². The number of nitrogens with zero attached hydrogens (tertiary/aromatic N) is 2. The van der Waals surface area contributed by atoms with Gasteiger partial charge in [0, 0.05) is 15.7 Å². The zero-order valence-electron chi connectivity index (χ0n) is 13.7. The minimum absolute atomic E-state index is 0.114. The van der Waals surface area contributed by atoms with E-state index in [1.54, 1.807) is 0 Å². The maximum atomic E-state index is 12.1. The van der Waals surface area contributed by atoms with E-state index in [-0.39, 0.29) is 11.7 Å². The lowest BCUT2D eigenvalue weighted by molar-refractivity contribution is -0.113. The van der Waals surface area contributed by atoms with Gasteiger partial charge in [-0.2, -0.15) is 0 Å². The first-order chi connectivity index (χ1) is 12.0. The van der Waals surface area contributed by atoms with Crippen LogP contribution in [0.1, 0.15) is 11.1 Å². The van der Waals surface area contributed by atoms with Crippen LogP contribution < -0.4 is 5.32 Å². The molecule has 0 spiro atoms. The monoisotopic (exact) mass is 417 g/mol. The molecule has 0 saturated heterocycles. The molecule has 25 heavy (non-hydrogen) atoms. The fraction of sp³-hybridized carbons (Fsp3) is 0.167. The zero-order chi connectivity index (χ0) is 17.8. The number of rotatable bonds is 5. The second-order valence-electron chi connectivity index (χ2n) is 5.60. The van der Waals surface area contributed by atoms with Gasteiger partial charge in [0.25, 0.3) is 5.22 Å². The van der Waals surface area contributed by atoms with E-state index in [9.17, 15) is 4.79 Å². The Morgan fingerprint density at radius 3 is 2.64 bits per heavy atom. The van der Waals surface area contributed by atoms with Crippen LogP contribution in [-0.4, -0.2) is 21.9 Å². The fourth-order valence-corrected chi connectivity index (χ4v) is 3.34. The number of hydrogen-bond acceptors (Lipinski definition) is 5. The molecular formula is C18H16BrN3O2S. The van der Waals surface area contributed by atoms with Crippen LogP contribution in [0.25, 0.3) is 11.5 Å². The van der Waals surface area contributed by atoms with Crippen molar-refractivity contribution in [2.24, 2.45) is 0 Å². The van der Waals surface area contributed by atoms with Gasteiger partial charge in [-0.1, -0.05) is 39.8 Å². The predicted octanol–water partition coefficient (Wildman–Crippen LogP) is 4.85. The lowest BCUT2D eigenvalue weighted by Crippen LogP contribution is -2.14. The second kappa shape index (κ2) is 7.84. The van der Waals surface area contributed by atoms with Gasteiger partial charge < -0.3 is 9.73 Å². The van der Waals surface area contributed by atoms with Crippen molar-refractivity contribution >= 4 is 39.3 Å². The summed E-state index contributed by atoms with van der Waals surface area (Å²) in [6, 6.07) is 13.5. The zero-order valence-corrected chi connectivity index (χ0v) is 16.1. The van der Waals surface area contributed by atoms with E-state index >= 15 is 0 Å². The van der Waals surface area contributed by atoms with Crippen molar-refractivity contribution in [1.29, 1.82) is 0 Å². The van der Waals surface area contributed by atoms with Gasteiger partial charge in [0.2, 0.25) is 11.8 Å². The third-order valence-corrected chi connectivity index (χ3v) is 4.62. The number of anilines is 1. The molecule has 0 aliphatic carbocycles. The third kappa shape index (κ3) is 4.93. The summed E-state index contributed by atoms with van der Waals surface area (Å²) in [7, 11) is 0. The van der Waals surface area contributed by atoms with Crippen LogP contribution in [0.15, 0.2) is 56.6 Å². The molecule has 7 heteroatoms. The fourth-order valence-electron chi connectivity index (χ4n) is 2.38. The molecule has 1 heterocycles. The first kappa shape index (κ1) is 17.7. The van der Waals surface area contributed by atoms with E-state index < -0.39 is 0 Å². The molecule has 0 aliphatic rings. The van der Waals surface area contributed by atoms with Crippen molar-refractivity contribution in [3.8, 4) is 11.5 Å². The highest BCUT2D eigenvalue weighted by Crippen LogP contribution is 2.25. The van der Waals surface area contributed by atoms with Gasteiger partial charge in [-0.3, -0.25) is 4.79 Å². The van der Waals surface area contributed by atoms with Crippen LogP contribution in [0.3, 0.4) is 0 Å². The molecule has 0 atom stereocenters. The highest BCUT2D eigenvalue weighted by molar-refractivity contribution is 9.10. The maximum Gasteiger partial charge on any atom is 0.277 e. The van der Waals surface area contributed by atoms with Gasteiger partial charge in [0.1, 0.15) is 0 Å². The molecule has 0 bridgehead atoms. The molecule has 0 saturated carbocycles. The molecule has 128 valence electrons. The highest BCUT2D eigenvalue weighted by Gasteiger charge is 2.12. The third-order valence-electron chi connectivity index (χ3n) is 3.31. The predicted molar refractivity (Wildman–Crippen MR) is 103 cm³/mol. The number of amides is 1. The molecule has 3 aromatic rings. The van der Waals surface area contributed by atoms with Crippen molar-refractivity contribution in [2.75, 3.05) is 11.1 Å². The van der Waals surface area contributed by atoms with Crippen molar-refractivity contribution in [3.05, 3.63) is 58.1 Å². The Hall–Kier alpha value is -2.12. The van der Waals surface area contributed by atoms with Crippen LogP contribution in [0.5, 0.6) is 0 Å². The van der Waals surface area contributed by atoms with Crippen LogP contribution in [-0.2, 0) is 4.79 Å². The molecule has 0 fully saturated rings. The Morgan fingerprint density at radius 1 is 1.16 bits per heavy atom. The summed E-state index contributed by atoms with van der Waals surface area (Å²) in [4.78, 5) is 12.1. The summed E-state index contributed by atoms with van der Waals surface area (Å²) in [5.74, 6) is 0.517. The molecule has 2 aromatic carbocycles. The molecule has 0 unspecified atom stereocenters. The number of thioether (sulfide) groups is 1. The highest BCUT2D eigenvalue weighted by atomic mass is 79.9. The maximum absolute atomic E-state index is 12.1.